The van der Waals surface area contributed by atoms with Crippen LogP contribution >= 0.6 is 0 Å². The predicted molar refractivity (Wildman–Crippen MR) is 89.7 cm³/mol. The highest BCUT2D eigenvalue weighted by molar-refractivity contribution is 5.78. The first-order valence-electron chi connectivity index (χ1n) is 7.86. The Morgan fingerprint density at radius 3 is 2.92 bits per heavy atom. The Labute approximate surface area is 139 Å². The summed E-state index contributed by atoms with van der Waals surface area (Å²) in [6, 6.07) is 11.3. The van der Waals surface area contributed by atoms with Gasteiger partial charge in [-0.05, 0) is 24.3 Å². The van der Waals surface area contributed by atoms with E-state index < -0.39 is 6.10 Å². The van der Waals surface area contributed by atoms with E-state index in [2.05, 4.69) is 10.3 Å². The van der Waals surface area contributed by atoms with Gasteiger partial charge in [-0.2, -0.15) is 0 Å². The molecule has 7 heteroatoms. The van der Waals surface area contributed by atoms with E-state index >= 15 is 0 Å². The second-order valence-corrected chi connectivity index (χ2v) is 5.43. The lowest BCUT2D eigenvalue weighted by molar-refractivity contribution is 0.0154. The minimum absolute atomic E-state index is 0.0119. The summed E-state index contributed by atoms with van der Waals surface area (Å²) in [5.74, 6) is 1.34. The zero-order chi connectivity index (χ0) is 16.8. The van der Waals surface area contributed by atoms with Crippen molar-refractivity contribution in [2.24, 2.45) is 0 Å². The molecule has 0 aliphatic heterocycles. The van der Waals surface area contributed by atoms with Gasteiger partial charge >= 0.3 is 0 Å². The van der Waals surface area contributed by atoms with Gasteiger partial charge in [0.1, 0.15) is 12.4 Å². The molecule has 7 nitrogen and oxygen atoms in total. The van der Waals surface area contributed by atoms with Crippen LogP contribution in [-0.4, -0.2) is 45.6 Å². The predicted octanol–water partition coefficient (Wildman–Crippen LogP) is 1.61. The normalized spacial score (nSPS) is 12.6. The fraction of sp³-hybridized carbons (Fsp3) is 0.353. The Bertz CT molecular complexity index is 754. The van der Waals surface area contributed by atoms with Crippen molar-refractivity contribution in [3.63, 3.8) is 0 Å². The fourth-order valence-corrected chi connectivity index (χ4v) is 2.52. The molecule has 3 N–H and O–H groups in total. The molecule has 0 bridgehead atoms. The Balaban J connectivity index is 1.65. The van der Waals surface area contributed by atoms with E-state index in [1.807, 2.05) is 34.9 Å². The minimum atomic E-state index is -0.688. The highest BCUT2D eigenvalue weighted by Gasteiger charge is 2.14. The zero-order valence-electron chi connectivity index (χ0n) is 13.3. The van der Waals surface area contributed by atoms with Crippen LogP contribution in [-0.2, 0) is 17.9 Å². The van der Waals surface area contributed by atoms with E-state index in [0.717, 1.165) is 16.8 Å². The fourth-order valence-electron chi connectivity index (χ4n) is 2.52. The Kier molecular flexibility index (Phi) is 5.47. The number of aliphatic hydroxyl groups is 2. The van der Waals surface area contributed by atoms with Crippen LogP contribution in [0.4, 0.5) is 5.95 Å². The summed E-state index contributed by atoms with van der Waals surface area (Å²) in [5.41, 5.74) is 1.75. The summed E-state index contributed by atoms with van der Waals surface area (Å²) in [4.78, 5) is 4.50. The third kappa shape index (κ3) is 3.94. The lowest BCUT2D eigenvalue weighted by atomic mass is 10.3. The lowest BCUT2D eigenvalue weighted by Crippen LogP contribution is -2.23. The van der Waals surface area contributed by atoms with E-state index in [0.29, 0.717) is 25.6 Å². The number of nitrogens with one attached hydrogen (secondary N) is 1. The molecule has 3 rings (SSSR count). The van der Waals surface area contributed by atoms with Crippen LogP contribution < -0.4 is 5.32 Å². The number of fused-ring (bicyclic) bond motifs is 1. The van der Waals surface area contributed by atoms with Crippen LogP contribution in [0.15, 0.2) is 47.1 Å². The van der Waals surface area contributed by atoms with Gasteiger partial charge < -0.3 is 29.3 Å². The topological polar surface area (TPSA) is 92.7 Å². The number of rotatable bonds is 9. The average Bonchev–Trinajstić information content (AvgIpc) is 3.21. The lowest BCUT2D eigenvalue weighted by Gasteiger charge is -2.15. The van der Waals surface area contributed by atoms with Crippen molar-refractivity contribution in [2.45, 2.75) is 19.3 Å². The molecule has 2 aromatic heterocycles. The smallest absolute Gasteiger partial charge is 0.204 e. The van der Waals surface area contributed by atoms with Crippen LogP contribution in [0.5, 0.6) is 0 Å². The van der Waals surface area contributed by atoms with E-state index in [-0.39, 0.29) is 13.2 Å². The van der Waals surface area contributed by atoms with Crippen molar-refractivity contribution in [3.05, 3.63) is 48.4 Å². The highest BCUT2D eigenvalue weighted by atomic mass is 16.5. The molecule has 0 aliphatic carbocycles. The summed E-state index contributed by atoms with van der Waals surface area (Å²) in [6.07, 6.45) is 0.901. The van der Waals surface area contributed by atoms with Gasteiger partial charge in [-0.1, -0.05) is 12.1 Å². The van der Waals surface area contributed by atoms with E-state index in [4.69, 9.17) is 14.3 Å². The molecule has 0 amide bonds. The third-order valence-corrected chi connectivity index (χ3v) is 3.58. The maximum atomic E-state index is 10.3. The van der Waals surface area contributed by atoms with Gasteiger partial charge in [-0.3, -0.25) is 0 Å². The first-order chi connectivity index (χ1) is 11.8. The summed E-state index contributed by atoms with van der Waals surface area (Å²) in [6.45, 7) is 1.26. The molecule has 0 spiro atoms. The standard InChI is InChI=1S/C17H21N3O4/c21-8-7-18-17-19-15-5-1-2-6-16(15)20(17)10-13(22)11-23-12-14-4-3-9-24-14/h1-6,9,13,21-22H,7-8,10-12H2,(H,18,19)/t13-/m0/s1. The number of hydrogen-bond acceptors (Lipinski definition) is 6. The molecule has 2 heterocycles. The monoisotopic (exact) mass is 331 g/mol. The van der Waals surface area contributed by atoms with Crippen molar-refractivity contribution in [3.8, 4) is 0 Å². The van der Waals surface area contributed by atoms with Gasteiger partial charge in [0.05, 0.1) is 43.2 Å². The van der Waals surface area contributed by atoms with Gasteiger partial charge in [0.25, 0.3) is 0 Å². The van der Waals surface area contributed by atoms with Gasteiger partial charge in [0.2, 0.25) is 5.95 Å². The number of aromatic nitrogens is 2. The molecule has 0 fully saturated rings. The molecular weight excluding hydrogens is 310 g/mol. The molecule has 0 unspecified atom stereocenters. The van der Waals surface area contributed by atoms with Crippen LogP contribution in [0.2, 0.25) is 0 Å². The van der Waals surface area contributed by atoms with Crippen molar-refractivity contribution in [1.82, 2.24) is 9.55 Å². The van der Waals surface area contributed by atoms with Gasteiger partial charge in [-0.25, -0.2) is 4.98 Å². The Hall–Kier alpha value is -2.35. The van der Waals surface area contributed by atoms with Crippen LogP contribution in [0.1, 0.15) is 5.76 Å². The number of aliphatic hydroxyl groups excluding tert-OH is 2. The number of ether oxygens (including phenoxy) is 1. The van der Waals surface area contributed by atoms with E-state index in [1.54, 1.807) is 12.3 Å². The maximum absolute atomic E-state index is 10.3. The summed E-state index contributed by atoms with van der Waals surface area (Å²) < 4.78 is 12.6. The number of imidazole rings is 1. The summed E-state index contributed by atoms with van der Waals surface area (Å²) in [7, 11) is 0. The number of nitrogens with zero attached hydrogens (tertiary/aromatic N) is 2. The van der Waals surface area contributed by atoms with E-state index in [1.165, 1.54) is 0 Å². The van der Waals surface area contributed by atoms with Crippen molar-refractivity contribution in [2.75, 3.05) is 25.1 Å². The molecule has 3 aromatic rings. The largest absolute Gasteiger partial charge is 0.467 e. The molecule has 0 saturated heterocycles. The highest BCUT2D eigenvalue weighted by Crippen LogP contribution is 2.20. The molecular formula is C17H21N3O4. The Morgan fingerprint density at radius 2 is 2.12 bits per heavy atom. The summed E-state index contributed by atoms with van der Waals surface area (Å²) >= 11 is 0. The first-order valence-corrected chi connectivity index (χ1v) is 7.86. The second kappa shape index (κ2) is 7.96. The minimum Gasteiger partial charge on any atom is -0.467 e. The molecule has 0 saturated carbocycles. The van der Waals surface area contributed by atoms with Gasteiger partial charge in [0.15, 0.2) is 0 Å². The average molecular weight is 331 g/mol. The molecule has 0 radical (unpaired) electrons. The van der Waals surface area contributed by atoms with Crippen molar-refractivity contribution < 1.29 is 19.4 Å². The van der Waals surface area contributed by atoms with Crippen LogP contribution in [0, 0.1) is 0 Å². The van der Waals surface area contributed by atoms with E-state index in [9.17, 15) is 5.11 Å². The first kappa shape index (κ1) is 16.5. The Morgan fingerprint density at radius 1 is 1.25 bits per heavy atom. The summed E-state index contributed by atoms with van der Waals surface area (Å²) in [5, 5.41) is 22.4. The SMILES string of the molecule is OCCNc1nc2ccccc2n1C[C@H](O)COCc1ccco1. The molecule has 128 valence electrons. The van der Waals surface area contributed by atoms with Crippen molar-refractivity contribution >= 4 is 17.0 Å². The molecule has 24 heavy (non-hydrogen) atoms. The maximum Gasteiger partial charge on any atom is 0.204 e. The number of anilines is 1. The second-order valence-electron chi connectivity index (χ2n) is 5.43. The quantitative estimate of drug-likeness (QED) is 0.552. The van der Waals surface area contributed by atoms with Gasteiger partial charge in [-0.15, -0.1) is 0 Å². The number of para-hydroxylation sites is 2. The molecule has 0 aliphatic rings. The van der Waals surface area contributed by atoms with Crippen LogP contribution in [0.25, 0.3) is 11.0 Å². The zero-order valence-corrected chi connectivity index (χ0v) is 13.3. The van der Waals surface area contributed by atoms with Crippen molar-refractivity contribution in [1.29, 1.82) is 0 Å². The third-order valence-electron chi connectivity index (χ3n) is 3.58. The number of benzene rings is 1. The van der Waals surface area contributed by atoms with Crippen LogP contribution in [0.3, 0.4) is 0 Å². The number of furan rings is 1. The number of hydrogen-bond donors (Lipinski definition) is 3. The molecule has 1 atom stereocenters. The molecule has 1 aromatic carbocycles. The van der Waals surface area contributed by atoms with Gasteiger partial charge in [0, 0.05) is 6.54 Å².